The van der Waals surface area contributed by atoms with Crippen LogP contribution in [-0.4, -0.2) is 70.2 Å². The number of rotatable bonds is 3. The van der Waals surface area contributed by atoms with Crippen LogP contribution >= 0.6 is 11.6 Å². The summed E-state index contributed by atoms with van der Waals surface area (Å²) in [5, 5.41) is 1.16. The Hall–Kier alpha value is -3.37. The first-order chi connectivity index (χ1) is 18.5. The Morgan fingerprint density at radius 1 is 1.18 bits per heavy atom. The van der Waals surface area contributed by atoms with Gasteiger partial charge >= 0.3 is 6.09 Å². The topological polar surface area (TPSA) is 114 Å². The van der Waals surface area contributed by atoms with Crippen LogP contribution in [0.1, 0.15) is 67.3 Å². The Labute approximate surface area is 231 Å². The third-order valence-corrected chi connectivity index (χ3v) is 7.41. The third kappa shape index (κ3) is 5.81. The smallest absolute Gasteiger partial charge is 0.410 e. The molecule has 0 aliphatic carbocycles. The minimum atomic E-state index is -0.593. The summed E-state index contributed by atoms with van der Waals surface area (Å²) < 4.78 is 26.7. The number of pyridine rings is 1. The van der Waals surface area contributed by atoms with Gasteiger partial charge in [0, 0.05) is 47.0 Å². The normalized spacial score (nSPS) is 18.9. The zero-order valence-corrected chi connectivity index (χ0v) is 23.1. The lowest BCUT2D eigenvalue weighted by molar-refractivity contribution is -0.0444. The number of anilines is 1. The van der Waals surface area contributed by atoms with Crippen molar-refractivity contribution < 1.29 is 23.5 Å². The highest BCUT2D eigenvalue weighted by Gasteiger charge is 2.32. The molecule has 9 nitrogen and oxygen atoms in total. The highest BCUT2D eigenvalue weighted by atomic mass is 35.5. The number of benzene rings is 1. The zero-order valence-electron chi connectivity index (χ0n) is 22.3. The van der Waals surface area contributed by atoms with E-state index in [1.54, 1.807) is 28.0 Å². The van der Waals surface area contributed by atoms with Crippen molar-refractivity contribution >= 4 is 40.3 Å². The number of hydrogen-bond acceptors (Lipinski definition) is 6. The second-order valence-corrected chi connectivity index (χ2v) is 11.5. The Morgan fingerprint density at radius 2 is 1.92 bits per heavy atom. The molecule has 0 bridgehead atoms. The predicted molar refractivity (Wildman–Crippen MR) is 146 cm³/mol. The second-order valence-electron chi connectivity index (χ2n) is 11.1. The van der Waals surface area contributed by atoms with Gasteiger partial charge in [0.05, 0.1) is 24.9 Å². The molecule has 3 aromatic rings. The van der Waals surface area contributed by atoms with Gasteiger partial charge in [-0.15, -0.1) is 0 Å². The van der Waals surface area contributed by atoms with Gasteiger partial charge in [-0.1, -0.05) is 11.6 Å². The molecular formula is C28H33ClFN5O4. The number of halogens is 2. The number of aromatic amines is 1. The lowest BCUT2D eigenvalue weighted by atomic mass is 9.87. The number of aromatic nitrogens is 2. The molecule has 1 unspecified atom stereocenters. The Balaban J connectivity index is 1.32. The van der Waals surface area contributed by atoms with Crippen LogP contribution in [-0.2, 0) is 9.47 Å². The van der Waals surface area contributed by atoms with Crippen molar-refractivity contribution in [2.45, 2.75) is 51.2 Å². The summed E-state index contributed by atoms with van der Waals surface area (Å²) in [7, 11) is 0. The standard InChI is InChI=1S/C28H33ClFN5O4/c1-28(2,3)39-27(37)35-10-11-38-23(15-35)22-13-19-24(20(30)14-32-25(19)33-22)16-6-8-34(9-7-16)26(36)18-5-4-17(29)12-21(18)31/h4-5,12-14,16,23H,6-11,15,31H2,1-3H3,(H,32,33). The predicted octanol–water partition coefficient (Wildman–Crippen LogP) is 5.27. The zero-order chi connectivity index (χ0) is 27.9. The van der Waals surface area contributed by atoms with E-state index in [9.17, 15) is 9.59 Å². The van der Waals surface area contributed by atoms with Gasteiger partial charge in [-0.25, -0.2) is 14.2 Å². The maximum atomic E-state index is 15.2. The van der Waals surface area contributed by atoms with E-state index in [0.717, 1.165) is 5.69 Å². The first-order valence-corrected chi connectivity index (χ1v) is 13.5. The number of carbonyl (C=O) groups excluding carboxylic acids is 2. The van der Waals surface area contributed by atoms with Gasteiger partial charge < -0.3 is 30.0 Å². The van der Waals surface area contributed by atoms with Crippen LogP contribution in [0, 0.1) is 5.82 Å². The molecule has 2 aromatic heterocycles. The van der Waals surface area contributed by atoms with E-state index in [1.807, 2.05) is 26.8 Å². The number of nitrogens with zero attached hydrogens (tertiary/aromatic N) is 3. The Kier molecular flexibility index (Phi) is 7.43. The van der Waals surface area contributed by atoms with Crippen molar-refractivity contribution in [2.24, 2.45) is 0 Å². The quantitative estimate of drug-likeness (QED) is 0.424. The van der Waals surface area contributed by atoms with Crippen LogP contribution in [0.4, 0.5) is 14.9 Å². The number of nitrogens with two attached hydrogens (primary N) is 1. The fraction of sp³-hybridized carbons (Fsp3) is 0.464. The Morgan fingerprint density at radius 3 is 2.62 bits per heavy atom. The molecule has 0 saturated carbocycles. The molecule has 1 aromatic carbocycles. The SMILES string of the molecule is CC(C)(C)OC(=O)N1CCOC(c2cc3c(C4CCN(C(=O)c5ccc(Cl)cc5N)CC4)c(F)cnc3[nH]2)C1. The fourth-order valence-electron chi connectivity index (χ4n) is 5.28. The van der Waals surface area contributed by atoms with E-state index in [0.29, 0.717) is 78.5 Å². The van der Waals surface area contributed by atoms with Crippen LogP contribution in [0.3, 0.4) is 0 Å². The molecule has 208 valence electrons. The molecule has 2 aliphatic heterocycles. The van der Waals surface area contributed by atoms with Crippen molar-refractivity contribution in [2.75, 3.05) is 38.5 Å². The number of carbonyl (C=O) groups is 2. The number of likely N-dealkylation sites (tertiary alicyclic amines) is 1. The fourth-order valence-corrected chi connectivity index (χ4v) is 5.46. The summed E-state index contributed by atoms with van der Waals surface area (Å²) in [5.41, 5.74) is 8.05. The number of H-pyrrole nitrogens is 1. The molecule has 11 heteroatoms. The molecule has 0 spiro atoms. The summed E-state index contributed by atoms with van der Waals surface area (Å²) in [6, 6.07) is 6.72. The second kappa shape index (κ2) is 10.7. The van der Waals surface area contributed by atoms with Crippen LogP contribution < -0.4 is 5.73 Å². The minimum absolute atomic E-state index is 0.0868. The Bertz CT molecular complexity index is 1400. The number of morpholine rings is 1. The van der Waals surface area contributed by atoms with E-state index >= 15 is 4.39 Å². The highest BCUT2D eigenvalue weighted by Crippen LogP contribution is 2.37. The summed E-state index contributed by atoms with van der Waals surface area (Å²) >= 11 is 5.97. The molecule has 2 saturated heterocycles. The molecular weight excluding hydrogens is 525 g/mol. The number of piperidine rings is 1. The van der Waals surface area contributed by atoms with E-state index in [1.165, 1.54) is 6.20 Å². The number of hydrogen-bond donors (Lipinski definition) is 2. The van der Waals surface area contributed by atoms with Crippen molar-refractivity contribution in [1.29, 1.82) is 0 Å². The molecule has 3 N–H and O–H groups in total. The van der Waals surface area contributed by atoms with Gasteiger partial charge in [0.1, 0.15) is 23.2 Å². The number of nitrogens with one attached hydrogen (secondary N) is 1. The summed E-state index contributed by atoms with van der Waals surface area (Å²) in [6.07, 6.45) is 1.63. The molecule has 2 amide bonds. The highest BCUT2D eigenvalue weighted by molar-refractivity contribution is 6.31. The van der Waals surface area contributed by atoms with E-state index in [-0.39, 0.29) is 17.6 Å². The van der Waals surface area contributed by atoms with Gasteiger partial charge in [0.25, 0.3) is 5.91 Å². The van der Waals surface area contributed by atoms with Crippen molar-refractivity contribution in [3.63, 3.8) is 0 Å². The molecule has 39 heavy (non-hydrogen) atoms. The maximum Gasteiger partial charge on any atom is 0.410 e. The lowest BCUT2D eigenvalue weighted by Gasteiger charge is -2.33. The van der Waals surface area contributed by atoms with Gasteiger partial charge in [-0.2, -0.15) is 0 Å². The van der Waals surface area contributed by atoms with E-state index < -0.39 is 17.8 Å². The summed E-state index contributed by atoms with van der Waals surface area (Å²) in [6.45, 7) is 7.54. The van der Waals surface area contributed by atoms with Gasteiger partial charge in [0.15, 0.2) is 0 Å². The summed E-state index contributed by atoms with van der Waals surface area (Å²) in [5.74, 6) is -0.619. The van der Waals surface area contributed by atoms with Crippen LogP contribution in [0.2, 0.25) is 5.02 Å². The van der Waals surface area contributed by atoms with Crippen LogP contribution in [0.5, 0.6) is 0 Å². The molecule has 1 atom stereocenters. The molecule has 2 aliphatic rings. The molecule has 0 radical (unpaired) electrons. The van der Waals surface area contributed by atoms with Crippen molar-refractivity contribution in [3.05, 3.63) is 58.1 Å². The lowest BCUT2D eigenvalue weighted by Crippen LogP contribution is -2.44. The molecule has 2 fully saturated rings. The largest absolute Gasteiger partial charge is 0.444 e. The third-order valence-electron chi connectivity index (χ3n) is 7.17. The minimum Gasteiger partial charge on any atom is -0.444 e. The van der Waals surface area contributed by atoms with E-state index in [2.05, 4.69) is 9.97 Å². The van der Waals surface area contributed by atoms with Crippen LogP contribution in [0.15, 0.2) is 30.5 Å². The number of amides is 2. The summed E-state index contributed by atoms with van der Waals surface area (Å²) in [4.78, 5) is 36.6. The monoisotopic (exact) mass is 557 g/mol. The average Bonchev–Trinajstić information content (AvgIpc) is 3.32. The first-order valence-electron chi connectivity index (χ1n) is 13.1. The number of fused-ring (bicyclic) bond motifs is 1. The van der Waals surface area contributed by atoms with E-state index in [4.69, 9.17) is 26.8 Å². The van der Waals surface area contributed by atoms with Crippen molar-refractivity contribution in [3.8, 4) is 0 Å². The number of ether oxygens (including phenoxy) is 2. The number of nitrogen functional groups attached to an aromatic ring is 1. The van der Waals surface area contributed by atoms with Crippen LogP contribution in [0.25, 0.3) is 11.0 Å². The molecule has 5 rings (SSSR count). The van der Waals surface area contributed by atoms with Gasteiger partial charge in [-0.05, 0) is 63.8 Å². The van der Waals surface area contributed by atoms with Crippen molar-refractivity contribution in [1.82, 2.24) is 19.8 Å². The van der Waals surface area contributed by atoms with Gasteiger partial charge in [0.2, 0.25) is 0 Å². The average molecular weight is 558 g/mol. The first kappa shape index (κ1) is 27.2. The van der Waals surface area contributed by atoms with Gasteiger partial charge in [-0.3, -0.25) is 4.79 Å². The maximum absolute atomic E-state index is 15.2. The molecule has 4 heterocycles.